The van der Waals surface area contributed by atoms with Crippen LogP contribution in [0.3, 0.4) is 0 Å². The molecule has 1 rings (SSSR count). The lowest BCUT2D eigenvalue weighted by molar-refractivity contribution is -0.140. The Bertz CT molecular complexity index is 380. The fourth-order valence-electron chi connectivity index (χ4n) is 2.12. The van der Waals surface area contributed by atoms with Crippen molar-refractivity contribution in [2.24, 2.45) is 0 Å². The van der Waals surface area contributed by atoms with E-state index in [1.54, 1.807) is 4.90 Å². The van der Waals surface area contributed by atoms with Gasteiger partial charge in [-0.25, -0.2) is 8.42 Å². The summed E-state index contributed by atoms with van der Waals surface area (Å²) in [5.41, 5.74) is 0. The Kier molecular flexibility index (Phi) is 4.51. The molecule has 1 fully saturated rings. The van der Waals surface area contributed by atoms with Crippen LogP contribution in [0.15, 0.2) is 0 Å². The van der Waals surface area contributed by atoms with Crippen LogP contribution in [0.4, 0.5) is 0 Å². The molecular weight excluding hydrogens is 246 g/mol. The number of carboxylic acids is 1. The van der Waals surface area contributed by atoms with Gasteiger partial charge in [0.25, 0.3) is 0 Å². The van der Waals surface area contributed by atoms with E-state index < -0.39 is 28.0 Å². The van der Waals surface area contributed by atoms with E-state index in [0.29, 0.717) is 6.42 Å². The molecule has 1 aliphatic heterocycles. The highest BCUT2D eigenvalue weighted by Gasteiger charge is 2.41. The lowest BCUT2D eigenvalue weighted by Crippen LogP contribution is -2.49. The Labute approximate surface area is 101 Å². The van der Waals surface area contributed by atoms with E-state index >= 15 is 0 Å². The summed E-state index contributed by atoms with van der Waals surface area (Å²) < 4.78 is 22.8. The van der Waals surface area contributed by atoms with Crippen LogP contribution in [-0.2, 0) is 14.6 Å². The molecule has 0 bridgehead atoms. The Morgan fingerprint density at radius 2 is 2.06 bits per heavy atom. The third-order valence-corrected chi connectivity index (χ3v) is 4.89. The summed E-state index contributed by atoms with van der Waals surface area (Å²) in [7, 11) is -3.25. The van der Waals surface area contributed by atoms with Gasteiger partial charge in [-0.3, -0.25) is 9.69 Å². The number of sulfone groups is 1. The molecular formula is C10H19NO5S. The maximum absolute atomic E-state index is 11.4. The SMILES string of the molecule is CCC(C)N(CC(=O)O)C1CS(=O)(=O)CC1O. The van der Waals surface area contributed by atoms with E-state index in [4.69, 9.17) is 5.11 Å². The fraction of sp³-hybridized carbons (Fsp3) is 0.900. The molecule has 7 heteroatoms. The summed E-state index contributed by atoms with van der Waals surface area (Å²) >= 11 is 0. The van der Waals surface area contributed by atoms with Crippen molar-refractivity contribution in [3.8, 4) is 0 Å². The first kappa shape index (κ1) is 14.4. The van der Waals surface area contributed by atoms with Crippen molar-refractivity contribution in [2.45, 2.75) is 38.5 Å². The molecule has 6 nitrogen and oxygen atoms in total. The summed E-state index contributed by atoms with van der Waals surface area (Å²) in [5, 5.41) is 18.6. The van der Waals surface area contributed by atoms with E-state index in [0.717, 1.165) is 0 Å². The van der Waals surface area contributed by atoms with Gasteiger partial charge < -0.3 is 10.2 Å². The number of rotatable bonds is 5. The second kappa shape index (κ2) is 5.32. The van der Waals surface area contributed by atoms with Crippen molar-refractivity contribution in [3.63, 3.8) is 0 Å². The molecule has 2 N–H and O–H groups in total. The minimum Gasteiger partial charge on any atom is -0.480 e. The molecule has 0 aromatic rings. The number of hydrogen-bond donors (Lipinski definition) is 2. The lowest BCUT2D eigenvalue weighted by Gasteiger charge is -2.33. The van der Waals surface area contributed by atoms with Gasteiger partial charge in [0.15, 0.2) is 9.84 Å². The van der Waals surface area contributed by atoms with Crippen LogP contribution < -0.4 is 0 Å². The zero-order valence-corrected chi connectivity index (χ0v) is 10.9. The van der Waals surface area contributed by atoms with Crippen LogP contribution in [0.5, 0.6) is 0 Å². The molecule has 0 aromatic carbocycles. The minimum absolute atomic E-state index is 0.0703. The third-order valence-electron chi connectivity index (χ3n) is 3.19. The van der Waals surface area contributed by atoms with Gasteiger partial charge in [-0.2, -0.15) is 0 Å². The second-order valence-electron chi connectivity index (χ2n) is 4.53. The Morgan fingerprint density at radius 3 is 2.41 bits per heavy atom. The summed E-state index contributed by atoms with van der Waals surface area (Å²) in [6, 6.07) is -0.676. The number of carbonyl (C=O) groups is 1. The standard InChI is InChI=1S/C10H19NO5S/c1-3-7(2)11(4-10(13)14)8-5-17(15,16)6-9(8)12/h7-9,12H,3-6H2,1-2H3,(H,13,14). The van der Waals surface area contributed by atoms with E-state index in [1.807, 2.05) is 13.8 Å². The van der Waals surface area contributed by atoms with Crippen molar-refractivity contribution in [3.05, 3.63) is 0 Å². The summed E-state index contributed by atoms with van der Waals surface area (Å²) in [5.74, 6) is -1.45. The smallest absolute Gasteiger partial charge is 0.317 e. The number of carboxylic acid groups (broad SMARTS) is 1. The molecule has 100 valence electrons. The number of hydrogen-bond acceptors (Lipinski definition) is 5. The molecule has 1 saturated heterocycles. The molecule has 0 amide bonds. The van der Waals surface area contributed by atoms with E-state index in [-0.39, 0.29) is 24.1 Å². The van der Waals surface area contributed by atoms with Crippen molar-refractivity contribution in [2.75, 3.05) is 18.1 Å². The first-order chi connectivity index (χ1) is 7.76. The van der Waals surface area contributed by atoms with Gasteiger partial charge >= 0.3 is 5.97 Å². The molecule has 0 saturated carbocycles. The minimum atomic E-state index is -3.25. The van der Waals surface area contributed by atoms with Crippen LogP contribution in [0, 0.1) is 0 Å². The summed E-state index contributed by atoms with van der Waals surface area (Å²) in [6.07, 6.45) is -0.287. The van der Waals surface area contributed by atoms with E-state index in [1.165, 1.54) is 0 Å². The van der Waals surface area contributed by atoms with Crippen molar-refractivity contribution in [1.82, 2.24) is 4.90 Å². The molecule has 17 heavy (non-hydrogen) atoms. The molecule has 1 heterocycles. The van der Waals surface area contributed by atoms with Gasteiger partial charge in [-0.15, -0.1) is 0 Å². The molecule has 3 atom stereocenters. The van der Waals surface area contributed by atoms with E-state index in [9.17, 15) is 18.3 Å². The highest BCUT2D eigenvalue weighted by Crippen LogP contribution is 2.21. The van der Waals surface area contributed by atoms with Gasteiger partial charge in [0.05, 0.1) is 30.2 Å². The van der Waals surface area contributed by atoms with Gasteiger partial charge in [0.1, 0.15) is 0 Å². The molecule has 3 unspecified atom stereocenters. The Hall–Kier alpha value is -0.660. The number of aliphatic carboxylic acids is 1. The van der Waals surface area contributed by atoms with Crippen LogP contribution in [0.1, 0.15) is 20.3 Å². The van der Waals surface area contributed by atoms with Crippen LogP contribution in [-0.4, -0.2) is 65.7 Å². The highest BCUT2D eigenvalue weighted by atomic mass is 32.2. The zero-order valence-electron chi connectivity index (χ0n) is 10.0. The number of aliphatic hydroxyl groups excluding tert-OH is 1. The van der Waals surface area contributed by atoms with Crippen molar-refractivity contribution in [1.29, 1.82) is 0 Å². The normalized spacial score (nSPS) is 29.4. The predicted octanol–water partition coefficient (Wildman–Crippen LogP) is -0.671. The quantitative estimate of drug-likeness (QED) is 0.684. The molecule has 0 spiro atoms. The molecule has 1 aliphatic rings. The van der Waals surface area contributed by atoms with Gasteiger partial charge in [-0.1, -0.05) is 6.92 Å². The monoisotopic (exact) mass is 265 g/mol. The molecule has 0 radical (unpaired) electrons. The molecule has 0 aromatic heterocycles. The maximum atomic E-state index is 11.4. The third kappa shape index (κ3) is 3.65. The first-order valence-corrected chi connectivity index (χ1v) is 7.45. The number of aliphatic hydroxyl groups is 1. The van der Waals surface area contributed by atoms with Crippen LogP contribution in [0.25, 0.3) is 0 Å². The topological polar surface area (TPSA) is 94.9 Å². The average molecular weight is 265 g/mol. The predicted molar refractivity (Wildman–Crippen MR) is 62.5 cm³/mol. The number of nitrogens with zero attached hydrogens (tertiary/aromatic N) is 1. The Balaban J connectivity index is 2.87. The van der Waals surface area contributed by atoms with Crippen molar-refractivity contribution < 1.29 is 23.4 Å². The zero-order chi connectivity index (χ0) is 13.2. The average Bonchev–Trinajstić information content (AvgIpc) is 2.47. The fourth-order valence-corrected chi connectivity index (χ4v) is 3.93. The van der Waals surface area contributed by atoms with Gasteiger partial charge in [0.2, 0.25) is 0 Å². The van der Waals surface area contributed by atoms with Gasteiger partial charge in [0, 0.05) is 6.04 Å². The van der Waals surface area contributed by atoms with E-state index in [2.05, 4.69) is 0 Å². The van der Waals surface area contributed by atoms with Gasteiger partial charge in [-0.05, 0) is 13.3 Å². The van der Waals surface area contributed by atoms with Crippen LogP contribution in [0.2, 0.25) is 0 Å². The van der Waals surface area contributed by atoms with Crippen LogP contribution >= 0.6 is 0 Å². The largest absolute Gasteiger partial charge is 0.480 e. The highest BCUT2D eigenvalue weighted by molar-refractivity contribution is 7.91. The molecule has 0 aliphatic carbocycles. The second-order valence-corrected chi connectivity index (χ2v) is 6.69. The van der Waals surface area contributed by atoms with Crippen molar-refractivity contribution >= 4 is 15.8 Å². The lowest BCUT2D eigenvalue weighted by atomic mass is 10.1. The summed E-state index contributed by atoms with van der Waals surface area (Å²) in [6.45, 7) is 3.49. The first-order valence-electron chi connectivity index (χ1n) is 5.63. The maximum Gasteiger partial charge on any atom is 0.317 e. The summed E-state index contributed by atoms with van der Waals surface area (Å²) in [4.78, 5) is 12.3. The Morgan fingerprint density at radius 1 is 1.47 bits per heavy atom.